The Morgan fingerprint density at radius 1 is 1.08 bits per heavy atom. The second-order valence-corrected chi connectivity index (χ2v) is 6.18. The standard InChI is InChI=1S/C19H17N5O2/c1-4-9-23-18(25)16-17(22-19(23)26)21-15-10-13(7-8-14(15)20-16)24-11(2)5-6-12(24)3/h4-8,10H,1,9H2,2-3H3,(H,21,22,26). The Bertz CT molecular complexity index is 1270. The average Bonchev–Trinajstić information content (AvgIpc) is 2.95. The number of rotatable bonds is 3. The first-order chi connectivity index (χ1) is 12.5. The fraction of sp³-hybridized carbons (Fsp3) is 0.158. The average molecular weight is 347 g/mol. The summed E-state index contributed by atoms with van der Waals surface area (Å²) in [6.45, 7) is 7.75. The molecule has 26 heavy (non-hydrogen) atoms. The molecule has 7 nitrogen and oxygen atoms in total. The SMILES string of the molecule is C=CCn1c(=O)[nH]c2nc3cc(-n4c(C)ccc4C)ccc3nc2c1=O. The first-order valence-corrected chi connectivity index (χ1v) is 8.20. The molecular weight excluding hydrogens is 330 g/mol. The zero-order valence-electron chi connectivity index (χ0n) is 14.5. The molecule has 0 unspecified atom stereocenters. The van der Waals surface area contributed by atoms with Crippen molar-refractivity contribution in [2.45, 2.75) is 20.4 Å². The lowest BCUT2D eigenvalue weighted by Crippen LogP contribution is -2.35. The van der Waals surface area contributed by atoms with Crippen molar-refractivity contribution in [3.05, 3.63) is 75.2 Å². The maximum atomic E-state index is 12.5. The summed E-state index contributed by atoms with van der Waals surface area (Å²) >= 11 is 0. The van der Waals surface area contributed by atoms with Crippen molar-refractivity contribution in [3.8, 4) is 5.69 Å². The minimum Gasteiger partial charge on any atom is -0.318 e. The van der Waals surface area contributed by atoms with Crippen molar-refractivity contribution in [1.29, 1.82) is 0 Å². The van der Waals surface area contributed by atoms with Gasteiger partial charge in [0.2, 0.25) is 0 Å². The van der Waals surface area contributed by atoms with Crippen LogP contribution in [-0.2, 0) is 6.54 Å². The maximum absolute atomic E-state index is 12.5. The number of nitrogens with one attached hydrogen (secondary N) is 1. The summed E-state index contributed by atoms with van der Waals surface area (Å²) in [6, 6.07) is 9.76. The summed E-state index contributed by atoms with van der Waals surface area (Å²) < 4.78 is 3.16. The first-order valence-electron chi connectivity index (χ1n) is 8.20. The van der Waals surface area contributed by atoms with E-state index in [0.29, 0.717) is 11.0 Å². The Balaban J connectivity index is 2.00. The number of hydrogen-bond donors (Lipinski definition) is 1. The molecule has 3 heterocycles. The van der Waals surface area contributed by atoms with Gasteiger partial charge in [-0.1, -0.05) is 6.08 Å². The molecule has 0 aliphatic rings. The van der Waals surface area contributed by atoms with E-state index in [-0.39, 0.29) is 17.7 Å². The number of aromatic nitrogens is 5. The summed E-state index contributed by atoms with van der Waals surface area (Å²) in [5.74, 6) is 0. The van der Waals surface area contributed by atoms with Gasteiger partial charge in [-0.3, -0.25) is 14.3 Å². The van der Waals surface area contributed by atoms with Gasteiger partial charge in [-0.25, -0.2) is 14.8 Å². The van der Waals surface area contributed by atoms with Crippen LogP contribution in [0.1, 0.15) is 11.4 Å². The molecule has 0 fully saturated rings. The lowest BCUT2D eigenvalue weighted by Gasteiger charge is -2.10. The summed E-state index contributed by atoms with van der Waals surface area (Å²) in [4.78, 5) is 36.1. The molecule has 4 rings (SSSR count). The molecule has 1 N–H and O–H groups in total. The Labute approximate surface area is 148 Å². The van der Waals surface area contributed by atoms with Crippen molar-refractivity contribution in [1.82, 2.24) is 24.1 Å². The van der Waals surface area contributed by atoms with E-state index in [1.54, 1.807) is 0 Å². The van der Waals surface area contributed by atoms with Crippen LogP contribution < -0.4 is 11.2 Å². The Morgan fingerprint density at radius 3 is 2.50 bits per heavy atom. The third-order valence-electron chi connectivity index (χ3n) is 4.41. The monoisotopic (exact) mass is 347 g/mol. The third kappa shape index (κ3) is 2.36. The van der Waals surface area contributed by atoms with Crippen LogP contribution in [0.15, 0.2) is 52.6 Å². The zero-order chi connectivity index (χ0) is 18.4. The summed E-state index contributed by atoms with van der Waals surface area (Å²) in [6.07, 6.45) is 1.49. The number of benzene rings is 1. The second kappa shape index (κ2) is 5.80. The number of nitrogens with zero attached hydrogens (tertiary/aromatic N) is 4. The van der Waals surface area contributed by atoms with Crippen LogP contribution in [0.25, 0.3) is 27.9 Å². The van der Waals surface area contributed by atoms with Crippen molar-refractivity contribution >= 4 is 22.2 Å². The van der Waals surface area contributed by atoms with E-state index in [2.05, 4.69) is 26.1 Å². The lowest BCUT2D eigenvalue weighted by molar-refractivity contribution is 0.724. The predicted octanol–water partition coefficient (Wildman–Crippen LogP) is 2.23. The number of allylic oxidation sites excluding steroid dienone is 1. The minimum absolute atomic E-state index is 0.120. The fourth-order valence-electron chi connectivity index (χ4n) is 3.18. The van der Waals surface area contributed by atoms with Gasteiger partial charge in [-0.2, -0.15) is 0 Å². The van der Waals surface area contributed by atoms with Crippen molar-refractivity contribution < 1.29 is 0 Å². The van der Waals surface area contributed by atoms with Gasteiger partial charge in [-0.05, 0) is 44.2 Å². The molecule has 130 valence electrons. The van der Waals surface area contributed by atoms with Crippen LogP contribution in [-0.4, -0.2) is 24.1 Å². The summed E-state index contributed by atoms with van der Waals surface area (Å²) in [5, 5.41) is 0. The molecule has 0 saturated heterocycles. The smallest absolute Gasteiger partial charge is 0.318 e. The van der Waals surface area contributed by atoms with Gasteiger partial charge in [0.05, 0.1) is 11.0 Å². The molecule has 4 aromatic rings. The van der Waals surface area contributed by atoms with Gasteiger partial charge < -0.3 is 4.57 Å². The number of H-pyrrole nitrogens is 1. The van der Waals surface area contributed by atoms with Gasteiger partial charge in [0.25, 0.3) is 5.56 Å². The topological polar surface area (TPSA) is 85.6 Å². The third-order valence-corrected chi connectivity index (χ3v) is 4.41. The molecule has 7 heteroatoms. The Kier molecular flexibility index (Phi) is 3.57. The summed E-state index contributed by atoms with van der Waals surface area (Å²) in [7, 11) is 0. The molecule has 0 atom stereocenters. The summed E-state index contributed by atoms with van der Waals surface area (Å²) in [5.41, 5.74) is 3.70. The normalized spacial score (nSPS) is 11.3. The van der Waals surface area contributed by atoms with Gasteiger partial charge >= 0.3 is 5.69 Å². The van der Waals surface area contributed by atoms with E-state index in [1.165, 1.54) is 6.08 Å². The highest BCUT2D eigenvalue weighted by atomic mass is 16.2. The largest absolute Gasteiger partial charge is 0.330 e. The van der Waals surface area contributed by atoms with Gasteiger partial charge in [-0.15, -0.1) is 6.58 Å². The first kappa shape index (κ1) is 16.0. The van der Waals surface area contributed by atoms with E-state index < -0.39 is 11.2 Å². The van der Waals surface area contributed by atoms with E-state index >= 15 is 0 Å². The highest BCUT2D eigenvalue weighted by molar-refractivity contribution is 5.85. The van der Waals surface area contributed by atoms with Gasteiger partial charge in [0, 0.05) is 23.6 Å². The molecule has 0 radical (unpaired) electrons. The fourth-order valence-corrected chi connectivity index (χ4v) is 3.18. The van der Waals surface area contributed by atoms with Crippen LogP contribution in [0.5, 0.6) is 0 Å². The van der Waals surface area contributed by atoms with Crippen LogP contribution in [0.4, 0.5) is 0 Å². The molecule has 0 aliphatic heterocycles. The Hall–Kier alpha value is -3.48. The minimum atomic E-state index is -0.524. The number of aromatic amines is 1. The number of fused-ring (bicyclic) bond motifs is 2. The molecule has 0 aliphatic carbocycles. The van der Waals surface area contributed by atoms with Crippen molar-refractivity contribution in [2.24, 2.45) is 0 Å². The molecule has 1 aromatic carbocycles. The van der Waals surface area contributed by atoms with E-state index in [0.717, 1.165) is 21.6 Å². The quantitative estimate of drug-likeness (QED) is 0.455. The predicted molar refractivity (Wildman–Crippen MR) is 101 cm³/mol. The molecule has 3 aromatic heterocycles. The molecule has 0 saturated carbocycles. The maximum Gasteiger partial charge on any atom is 0.330 e. The van der Waals surface area contributed by atoms with Crippen LogP contribution in [0.2, 0.25) is 0 Å². The lowest BCUT2D eigenvalue weighted by atomic mass is 10.2. The highest BCUT2D eigenvalue weighted by Crippen LogP contribution is 2.20. The molecule has 0 spiro atoms. The van der Waals surface area contributed by atoms with Crippen LogP contribution in [0.3, 0.4) is 0 Å². The van der Waals surface area contributed by atoms with Crippen LogP contribution in [0, 0.1) is 13.8 Å². The van der Waals surface area contributed by atoms with Crippen molar-refractivity contribution in [3.63, 3.8) is 0 Å². The van der Waals surface area contributed by atoms with E-state index in [4.69, 9.17) is 0 Å². The zero-order valence-corrected chi connectivity index (χ0v) is 14.5. The van der Waals surface area contributed by atoms with Gasteiger partial charge in [0.15, 0.2) is 11.2 Å². The highest BCUT2D eigenvalue weighted by Gasteiger charge is 2.12. The molecule has 0 bridgehead atoms. The van der Waals surface area contributed by atoms with E-state index in [9.17, 15) is 9.59 Å². The van der Waals surface area contributed by atoms with E-state index in [1.807, 2.05) is 44.2 Å². The van der Waals surface area contributed by atoms with Crippen molar-refractivity contribution in [2.75, 3.05) is 0 Å². The number of aryl methyl sites for hydroxylation is 2. The Morgan fingerprint density at radius 2 is 1.81 bits per heavy atom. The second-order valence-electron chi connectivity index (χ2n) is 6.18. The molecule has 0 amide bonds. The molecular formula is C19H17N5O2. The van der Waals surface area contributed by atoms with Gasteiger partial charge in [0.1, 0.15) is 0 Å². The van der Waals surface area contributed by atoms with Crippen LogP contribution >= 0.6 is 0 Å². The number of hydrogen-bond acceptors (Lipinski definition) is 4.